The minimum Gasteiger partial charge on any atom is -0.357 e. The van der Waals surface area contributed by atoms with Gasteiger partial charge < -0.3 is 10.2 Å². The summed E-state index contributed by atoms with van der Waals surface area (Å²) in [6.07, 6.45) is 0.789. The smallest absolute Gasteiger partial charge is 0.264 e. The molecule has 1 atom stereocenters. The molecule has 0 bridgehead atoms. The summed E-state index contributed by atoms with van der Waals surface area (Å²) in [5, 5.41) is 3.12. The molecule has 0 saturated carbocycles. The Balaban J connectivity index is 1.82. The number of nitrogens with zero attached hydrogens (tertiary/aromatic N) is 2. The minimum absolute atomic E-state index is 0.0120. The molecule has 4 aromatic rings. The van der Waals surface area contributed by atoms with Crippen LogP contribution in [0.4, 0.5) is 5.69 Å². The predicted molar refractivity (Wildman–Crippen MR) is 167 cm³/mol. The highest BCUT2D eigenvalue weighted by Gasteiger charge is 2.35. The first-order valence-electron chi connectivity index (χ1n) is 13.7. The van der Waals surface area contributed by atoms with E-state index in [9.17, 15) is 18.0 Å². The molecule has 0 heterocycles. The van der Waals surface area contributed by atoms with E-state index in [1.807, 2.05) is 49.4 Å². The fourth-order valence-electron chi connectivity index (χ4n) is 4.82. The molecule has 4 aromatic carbocycles. The second-order valence-corrected chi connectivity index (χ2v) is 12.0. The zero-order chi connectivity index (χ0) is 30.1. The summed E-state index contributed by atoms with van der Waals surface area (Å²) < 4.78 is 29.3. The van der Waals surface area contributed by atoms with Crippen LogP contribution in [0.1, 0.15) is 23.6 Å². The second kappa shape index (κ2) is 14.2. The van der Waals surface area contributed by atoms with Crippen molar-refractivity contribution in [3.05, 3.63) is 131 Å². The van der Waals surface area contributed by atoms with Crippen molar-refractivity contribution in [3.8, 4) is 0 Å². The zero-order valence-corrected chi connectivity index (χ0v) is 25.2. The number of amides is 2. The number of carbonyl (C=O) groups is 2. The van der Waals surface area contributed by atoms with E-state index < -0.39 is 28.5 Å². The molecule has 0 aliphatic rings. The standard InChI is InChI=1S/C33H34ClN3O4S/c1-3-26-16-11-13-21-30(26)37(42(40,41)28-18-8-5-9-19-28)24-32(38)36(23-27-17-10-12-20-29(27)34)31(33(39)35-2)22-25-14-6-4-7-15-25/h4-21,31H,3,22-24H2,1-2H3,(H,35,39). The van der Waals surface area contributed by atoms with E-state index in [1.165, 1.54) is 24.1 Å². The lowest BCUT2D eigenvalue weighted by molar-refractivity contribution is -0.139. The van der Waals surface area contributed by atoms with Gasteiger partial charge >= 0.3 is 0 Å². The molecule has 2 amide bonds. The lowest BCUT2D eigenvalue weighted by Crippen LogP contribution is -2.53. The largest absolute Gasteiger partial charge is 0.357 e. The topological polar surface area (TPSA) is 86.8 Å². The highest BCUT2D eigenvalue weighted by atomic mass is 35.5. The third-order valence-corrected chi connectivity index (χ3v) is 9.21. The molecule has 0 radical (unpaired) electrons. The maximum absolute atomic E-state index is 14.4. The van der Waals surface area contributed by atoms with Crippen molar-refractivity contribution in [1.82, 2.24) is 10.2 Å². The number of halogens is 1. The minimum atomic E-state index is -4.15. The van der Waals surface area contributed by atoms with E-state index >= 15 is 0 Å². The number of hydrogen-bond acceptors (Lipinski definition) is 4. The molecule has 4 rings (SSSR count). The molecule has 0 aliphatic heterocycles. The Labute approximate surface area is 252 Å². The summed E-state index contributed by atoms with van der Waals surface area (Å²) in [5.74, 6) is -0.907. The van der Waals surface area contributed by atoms with E-state index in [1.54, 1.807) is 54.6 Å². The van der Waals surface area contributed by atoms with Crippen LogP contribution in [0.15, 0.2) is 114 Å². The first-order valence-corrected chi connectivity index (χ1v) is 15.5. The lowest BCUT2D eigenvalue weighted by Gasteiger charge is -2.34. The van der Waals surface area contributed by atoms with E-state index in [2.05, 4.69) is 5.32 Å². The molecule has 0 fully saturated rings. The summed E-state index contributed by atoms with van der Waals surface area (Å²) in [7, 11) is -2.63. The van der Waals surface area contributed by atoms with Crippen molar-refractivity contribution in [2.45, 2.75) is 37.2 Å². The Morgan fingerprint density at radius 3 is 2.00 bits per heavy atom. The number of carbonyl (C=O) groups excluding carboxylic acids is 2. The SMILES string of the molecule is CCc1ccccc1N(CC(=O)N(Cc1ccccc1Cl)C(Cc1ccccc1)C(=O)NC)S(=O)(=O)c1ccccc1. The number of hydrogen-bond donors (Lipinski definition) is 1. The third kappa shape index (κ3) is 7.19. The number of rotatable bonds is 12. The van der Waals surface area contributed by atoms with Gasteiger partial charge in [0.1, 0.15) is 12.6 Å². The summed E-state index contributed by atoms with van der Waals surface area (Å²) >= 11 is 6.50. The fourth-order valence-corrected chi connectivity index (χ4v) is 6.49. The van der Waals surface area contributed by atoms with Crippen LogP contribution in [0.2, 0.25) is 5.02 Å². The molecule has 0 aliphatic carbocycles. The first kappa shape index (κ1) is 30.8. The number of aryl methyl sites for hydroxylation is 1. The van der Waals surface area contributed by atoms with Gasteiger partial charge in [0.2, 0.25) is 11.8 Å². The second-order valence-electron chi connectivity index (χ2n) is 9.74. The molecule has 42 heavy (non-hydrogen) atoms. The highest BCUT2D eigenvalue weighted by molar-refractivity contribution is 7.92. The first-order chi connectivity index (χ1) is 20.3. The Hall–Kier alpha value is -4.14. The lowest BCUT2D eigenvalue weighted by atomic mass is 10.0. The van der Waals surface area contributed by atoms with E-state index in [0.717, 1.165) is 15.4 Å². The van der Waals surface area contributed by atoms with E-state index in [4.69, 9.17) is 11.6 Å². The molecule has 218 valence electrons. The van der Waals surface area contributed by atoms with Crippen molar-refractivity contribution in [1.29, 1.82) is 0 Å². The number of sulfonamides is 1. The van der Waals surface area contributed by atoms with Gasteiger partial charge in [-0.15, -0.1) is 0 Å². The highest BCUT2D eigenvalue weighted by Crippen LogP contribution is 2.29. The normalized spacial score (nSPS) is 11.9. The van der Waals surface area contributed by atoms with E-state index in [-0.39, 0.29) is 23.8 Å². The average Bonchev–Trinajstić information content (AvgIpc) is 3.02. The quantitative estimate of drug-likeness (QED) is 0.232. The van der Waals surface area contributed by atoms with Gasteiger partial charge in [0, 0.05) is 25.0 Å². The number of para-hydroxylation sites is 1. The molecule has 9 heteroatoms. The van der Waals surface area contributed by atoms with Gasteiger partial charge in [-0.1, -0.05) is 103 Å². The summed E-state index contributed by atoms with van der Waals surface area (Å²) in [4.78, 5) is 29.2. The van der Waals surface area contributed by atoms with Crippen molar-refractivity contribution in [2.75, 3.05) is 17.9 Å². The van der Waals surface area contributed by atoms with Crippen LogP contribution in [0.5, 0.6) is 0 Å². The van der Waals surface area contributed by atoms with Gasteiger partial charge in [-0.2, -0.15) is 0 Å². The zero-order valence-electron chi connectivity index (χ0n) is 23.6. The van der Waals surface area contributed by atoms with Gasteiger partial charge in [-0.25, -0.2) is 8.42 Å². The van der Waals surface area contributed by atoms with Crippen molar-refractivity contribution < 1.29 is 18.0 Å². The summed E-state index contributed by atoms with van der Waals surface area (Å²) in [6.45, 7) is 1.43. The van der Waals surface area contributed by atoms with Gasteiger partial charge in [-0.3, -0.25) is 13.9 Å². The third-order valence-electron chi connectivity index (χ3n) is 7.07. The van der Waals surface area contributed by atoms with Crippen LogP contribution in [-0.4, -0.2) is 44.8 Å². The van der Waals surface area contributed by atoms with Crippen molar-refractivity contribution >= 4 is 39.1 Å². The summed E-state index contributed by atoms with van der Waals surface area (Å²) in [5.41, 5.74) is 2.68. The number of nitrogens with one attached hydrogen (secondary N) is 1. The van der Waals surface area contributed by atoms with Crippen molar-refractivity contribution in [3.63, 3.8) is 0 Å². The van der Waals surface area contributed by atoms with Crippen LogP contribution < -0.4 is 9.62 Å². The van der Waals surface area contributed by atoms with Crippen LogP contribution >= 0.6 is 11.6 Å². The van der Waals surface area contributed by atoms with E-state index in [0.29, 0.717) is 22.7 Å². The van der Waals surface area contributed by atoms with Crippen LogP contribution in [0.25, 0.3) is 0 Å². The maximum atomic E-state index is 14.4. The fraction of sp³-hybridized carbons (Fsp3) is 0.212. The molecule has 1 unspecified atom stereocenters. The molecule has 0 spiro atoms. The number of benzene rings is 4. The molecule has 0 aromatic heterocycles. The molecule has 7 nitrogen and oxygen atoms in total. The van der Waals surface area contributed by atoms with Crippen LogP contribution in [0, 0.1) is 0 Å². The van der Waals surface area contributed by atoms with Crippen molar-refractivity contribution in [2.24, 2.45) is 0 Å². The van der Waals surface area contributed by atoms with Crippen LogP contribution in [0.3, 0.4) is 0 Å². The monoisotopic (exact) mass is 603 g/mol. The van der Waals surface area contributed by atoms with Gasteiger partial charge in [0.15, 0.2) is 0 Å². The Morgan fingerprint density at radius 2 is 1.38 bits per heavy atom. The Morgan fingerprint density at radius 1 is 0.810 bits per heavy atom. The molecular formula is C33H34ClN3O4S. The van der Waals surface area contributed by atoms with Gasteiger partial charge in [0.05, 0.1) is 10.6 Å². The predicted octanol–water partition coefficient (Wildman–Crippen LogP) is 5.48. The van der Waals surface area contributed by atoms with Gasteiger partial charge in [-0.05, 0) is 47.4 Å². The number of anilines is 1. The average molecular weight is 604 g/mol. The molecule has 1 N–H and O–H groups in total. The van der Waals surface area contributed by atoms with Crippen LogP contribution in [-0.2, 0) is 39.0 Å². The Kier molecular flexibility index (Phi) is 10.4. The van der Waals surface area contributed by atoms with Gasteiger partial charge in [0.25, 0.3) is 10.0 Å². The Bertz CT molecular complexity index is 1610. The molecular weight excluding hydrogens is 570 g/mol. The number of likely N-dealkylation sites (N-methyl/N-ethyl adjacent to an activating group) is 1. The summed E-state index contributed by atoms with van der Waals surface area (Å²) in [6, 6.07) is 30.7. The maximum Gasteiger partial charge on any atom is 0.264 e. The molecule has 0 saturated heterocycles.